The molecule has 1 saturated carbocycles. The van der Waals surface area contributed by atoms with Gasteiger partial charge in [-0.3, -0.25) is 9.69 Å². The number of aryl methyl sites for hydroxylation is 1. The Hall–Kier alpha value is -2.04. The van der Waals surface area contributed by atoms with E-state index in [2.05, 4.69) is 42.2 Å². The minimum Gasteiger partial charge on any atom is -0.489 e. The maximum absolute atomic E-state index is 11.0. The quantitative estimate of drug-likeness (QED) is 0.542. The first-order valence-corrected chi connectivity index (χ1v) is 11.9. The molecule has 2 aliphatic rings. The summed E-state index contributed by atoms with van der Waals surface area (Å²) in [5.41, 5.74) is 4.88. The Balaban J connectivity index is 1.35. The molecule has 2 fully saturated rings. The van der Waals surface area contributed by atoms with Crippen LogP contribution in [0.4, 0.5) is 0 Å². The number of carboxylic acids is 1. The zero-order valence-corrected chi connectivity index (χ0v) is 19.0. The number of ether oxygens (including phenoxy) is 1. The number of halogens is 1. The number of carbonyl (C=O) groups is 1. The first kappa shape index (κ1) is 22.2. The van der Waals surface area contributed by atoms with Crippen molar-refractivity contribution in [2.75, 3.05) is 13.1 Å². The molecule has 0 aromatic heterocycles. The third kappa shape index (κ3) is 5.42. The largest absolute Gasteiger partial charge is 0.489 e. The summed E-state index contributed by atoms with van der Waals surface area (Å²) in [5.74, 6) is 0.555. The number of hydrogen-bond acceptors (Lipinski definition) is 3. The molecular weight excluding hydrogens is 410 g/mol. The SMILES string of the molecule is CCc1cc(OCc2ccc(C3CCCCC3)c(Cl)c2)ccc1CN1CC(C(=O)O)C1. The van der Waals surface area contributed by atoms with E-state index in [0.717, 1.165) is 29.3 Å². The highest BCUT2D eigenvalue weighted by molar-refractivity contribution is 6.31. The number of nitrogens with zero attached hydrogens (tertiary/aromatic N) is 1. The van der Waals surface area contributed by atoms with E-state index in [0.29, 0.717) is 25.6 Å². The van der Waals surface area contributed by atoms with Gasteiger partial charge in [-0.1, -0.05) is 56.0 Å². The molecule has 1 aliphatic carbocycles. The summed E-state index contributed by atoms with van der Waals surface area (Å²) in [7, 11) is 0. The van der Waals surface area contributed by atoms with Crippen LogP contribution in [0.15, 0.2) is 36.4 Å². The molecule has 0 atom stereocenters. The molecule has 5 heteroatoms. The van der Waals surface area contributed by atoms with E-state index in [9.17, 15) is 4.79 Å². The maximum atomic E-state index is 11.0. The highest BCUT2D eigenvalue weighted by atomic mass is 35.5. The highest BCUT2D eigenvalue weighted by Gasteiger charge is 2.32. The highest BCUT2D eigenvalue weighted by Crippen LogP contribution is 2.36. The van der Waals surface area contributed by atoms with Crippen molar-refractivity contribution in [2.24, 2.45) is 5.92 Å². The molecule has 31 heavy (non-hydrogen) atoms. The molecule has 1 heterocycles. The number of carboxylic acid groups (broad SMARTS) is 1. The Morgan fingerprint density at radius 1 is 1.10 bits per heavy atom. The average Bonchev–Trinajstić information content (AvgIpc) is 2.75. The van der Waals surface area contributed by atoms with Gasteiger partial charge in [-0.2, -0.15) is 0 Å². The fourth-order valence-corrected chi connectivity index (χ4v) is 5.20. The number of benzene rings is 2. The molecule has 1 N–H and O–H groups in total. The second-order valence-corrected chi connectivity index (χ2v) is 9.40. The van der Waals surface area contributed by atoms with E-state index in [1.807, 2.05) is 6.07 Å². The first-order chi connectivity index (χ1) is 15.0. The van der Waals surface area contributed by atoms with Crippen molar-refractivity contribution in [3.63, 3.8) is 0 Å². The van der Waals surface area contributed by atoms with E-state index in [1.54, 1.807) is 0 Å². The van der Waals surface area contributed by atoms with Crippen molar-refractivity contribution >= 4 is 17.6 Å². The summed E-state index contributed by atoms with van der Waals surface area (Å²) in [6.07, 6.45) is 7.37. The van der Waals surface area contributed by atoms with Gasteiger partial charge in [0.25, 0.3) is 0 Å². The maximum Gasteiger partial charge on any atom is 0.309 e. The predicted molar refractivity (Wildman–Crippen MR) is 124 cm³/mol. The van der Waals surface area contributed by atoms with E-state index in [4.69, 9.17) is 21.4 Å². The van der Waals surface area contributed by atoms with Crippen LogP contribution in [-0.2, 0) is 24.4 Å². The van der Waals surface area contributed by atoms with Gasteiger partial charge in [0.2, 0.25) is 0 Å². The topological polar surface area (TPSA) is 49.8 Å². The van der Waals surface area contributed by atoms with Crippen molar-refractivity contribution < 1.29 is 14.6 Å². The number of likely N-dealkylation sites (tertiary alicyclic amines) is 1. The molecule has 4 rings (SSSR count). The summed E-state index contributed by atoms with van der Waals surface area (Å²) in [5, 5.41) is 9.92. The normalized spacial score (nSPS) is 18.0. The molecule has 4 nitrogen and oxygen atoms in total. The van der Waals surface area contributed by atoms with Gasteiger partial charge in [0, 0.05) is 24.7 Å². The van der Waals surface area contributed by atoms with E-state index >= 15 is 0 Å². The van der Waals surface area contributed by atoms with Gasteiger partial charge in [-0.05, 0) is 65.6 Å². The molecule has 0 radical (unpaired) electrons. The Morgan fingerprint density at radius 2 is 1.87 bits per heavy atom. The van der Waals surface area contributed by atoms with Gasteiger partial charge in [-0.25, -0.2) is 0 Å². The van der Waals surface area contributed by atoms with Gasteiger partial charge >= 0.3 is 5.97 Å². The Kier molecular flexibility index (Phi) is 7.19. The molecule has 0 bridgehead atoms. The fourth-order valence-electron chi connectivity index (χ4n) is 4.84. The zero-order valence-electron chi connectivity index (χ0n) is 18.3. The minimum absolute atomic E-state index is 0.219. The van der Waals surface area contributed by atoms with Crippen LogP contribution in [0.1, 0.15) is 67.2 Å². The lowest BCUT2D eigenvalue weighted by molar-refractivity contribution is -0.147. The Bertz CT molecular complexity index is 917. The Labute approximate surface area is 190 Å². The van der Waals surface area contributed by atoms with Crippen LogP contribution in [0.2, 0.25) is 5.02 Å². The van der Waals surface area contributed by atoms with Gasteiger partial charge in [0.15, 0.2) is 0 Å². The first-order valence-electron chi connectivity index (χ1n) is 11.5. The van der Waals surface area contributed by atoms with E-state index < -0.39 is 5.97 Å². The fraction of sp³-hybridized carbons (Fsp3) is 0.500. The molecule has 166 valence electrons. The van der Waals surface area contributed by atoms with Crippen molar-refractivity contribution in [1.82, 2.24) is 4.90 Å². The average molecular weight is 442 g/mol. The minimum atomic E-state index is -0.692. The van der Waals surface area contributed by atoms with Crippen LogP contribution in [0.25, 0.3) is 0 Å². The lowest BCUT2D eigenvalue weighted by Gasteiger charge is -2.37. The molecule has 1 aliphatic heterocycles. The van der Waals surface area contributed by atoms with Crippen LogP contribution in [0.3, 0.4) is 0 Å². The van der Waals surface area contributed by atoms with Crippen LogP contribution in [0, 0.1) is 5.92 Å². The summed E-state index contributed by atoms with van der Waals surface area (Å²) < 4.78 is 6.07. The number of aliphatic carboxylic acids is 1. The third-order valence-electron chi connectivity index (χ3n) is 6.77. The van der Waals surface area contributed by atoms with Crippen LogP contribution in [0.5, 0.6) is 5.75 Å². The summed E-state index contributed by atoms with van der Waals surface area (Å²) in [4.78, 5) is 13.2. The standard InChI is InChI=1S/C26H32ClNO3/c1-2-19-13-23(10-9-21(19)14-28-15-22(16-28)26(29)30)31-17-18-8-11-24(25(27)12-18)20-6-4-3-5-7-20/h8-13,20,22H,2-7,14-17H2,1H3,(H,29,30). The van der Waals surface area contributed by atoms with Crippen molar-refractivity contribution in [2.45, 2.75) is 64.5 Å². The van der Waals surface area contributed by atoms with Crippen molar-refractivity contribution in [1.29, 1.82) is 0 Å². The van der Waals surface area contributed by atoms with E-state index in [-0.39, 0.29) is 5.92 Å². The molecule has 2 aromatic rings. The second-order valence-electron chi connectivity index (χ2n) is 8.99. The van der Waals surface area contributed by atoms with Crippen molar-refractivity contribution in [3.8, 4) is 5.75 Å². The molecule has 0 amide bonds. The summed E-state index contributed by atoms with van der Waals surface area (Å²) >= 11 is 6.61. The lowest BCUT2D eigenvalue weighted by atomic mass is 9.84. The summed E-state index contributed by atoms with van der Waals surface area (Å²) in [6.45, 7) is 4.70. The van der Waals surface area contributed by atoms with Crippen LogP contribution in [-0.4, -0.2) is 29.1 Å². The zero-order chi connectivity index (χ0) is 21.8. The van der Waals surface area contributed by atoms with Gasteiger partial charge < -0.3 is 9.84 Å². The molecular formula is C26H32ClNO3. The summed E-state index contributed by atoms with van der Waals surface area (Å²) in [6, 6.07) is 12.6. The van der Waals surface area contributed by atoms with Crippen LogP contribution < -0.4 is 4.74 Å². The van der Waals surface area contributed by atoms with Crippen molar-refractivity contribution in [3.05, 3.63) is 63.7 Å². The second kappa shape index (κ2) is 10.1. The smallest absolute Gasteiger partial charge is 0.309 e. The molecule has 1 saturated heterocycles. The number of hydrogen-bond donors (Lipinski definition) is 1. The van der Waals surface area contributed by atoms with Gasteiger partial charge in [0.05, 0.1) is 5.92 Å². The monoisotopic (exact) mass is 441 g/mol. The van der Waals surface area contributed by atoms with Crippen LogP contribution >= 0.6 is 11.6 Å². The molecule has 0 unspecified atom stereocenters. The predicted octanol–water partition coefficient (Wildman–Crippen LogP) is 6.05. The van der Waals surface area contributed by atoms with Gasteiger partial charge in [-0.15, -0.1) is 0 Å². The number of rotatable bonds is 8. The van der Waals surface area contributed by atoms with E-state index in [1.165, 1.54) is 48.8 Å². The third-order valence-corrected chi connectivity index (χ3v) is 7.10. The van der Waals surface area contributed by atoms with Gasteiger partial charge in [0.1, 0.15) is 12.4 Å². The molecule has 2 aromatic carbocycles. The Morgan fingerprint density at radius 3 is 2.55 bits per heavy atom. The molecule has 0 spiro atoms. The lowest BCUT2D eigenvalue weighted by Crippen LogP contribution is -2.49.